The first-order chi connectivity index (χ1) is 9.74. The van der Waals surface area contributed by atoms with Crippen LogP contribution in [0.3, 0.4) is 0 Å². The Morgan fingerprint density at radius 2 is 1.95 bits per heavy atom. The Balaban J connectivity index is 2.60. The molecule has 0 radical (unpaired) electrons. The number of nitrogens with one attached hydrogen (secondary N) is 1. The van der Waals surface area contributed by atoms with E-state index in [1.165, 1.54) is 4.90 Å². The summed E-state index contributed by atoms with van der Waals surface area (Å²) in [5.74, 6) is -0.645. The zero-order chi connectivity index (χ0) is 16.0. The Hall–Kier alpha value is -1.59. The van der Waals surface area contributed by atoms with Crippen molar-refractivity contribution in [1.29, 1.82) is 0 Å². The molecule has 0 atom stereocenters. The molecular weight excluding hydrogens is 292 g/mol. The van der Waals surface area contributed by atoms with Crippen LogP contribution in [-0.2, 0) is 4.79 Å². The lowest BCUT2D eigenvalue weighted by Gasteiger charge is -2.28. The second kappa shape index (κ2) is 7.43. The molecule has 0 bridgehead atoms. The van der Waals surface area contributed by atoms with Crippen molar-refractivity contribution in [3.8, 4) is 0 Å². The van der Waals surface area contributed by atoms with Gasteiger partial charge in [-0.2, -0.15) is 0 Å². The van der Waals surface area contributed by atoms with Crippen molar-refractivity contribution in [2.75, 3.05) is 19.6 Å². The summed E-state index contributed by atoms with van der Waals surface area (Å²) < 4.78 is 0. The molecule has 0 saturated carbocycles. The molecule has 0 aliphatic rings. The minimum absolute atomic E-state index is 0.131. The number of aliphatic hydroxyl groups is 1. The number of rotatable bonds is 6. The van der Waals surface area contributed by atoms with Crippen LogP contribution in [0.15, 0.2) is 24.3 Å². The maximum absolute atomic E-state index is 12.0. The molecule has 0 saturated heterocycles. The molecular formula is C15H21ClN2O3. The highest BCUT2D eigenvalue weighted by Gasteiger charge is 2.21. The van der Waals surface area contributed by atoms with Gasteiger partial charge in [-0.1, -0.05) is 23.7 Å². The second-order valence-electron chi connectivity index (χ2n) is 5.38. The number of nitrogens with zero attached hydrogens (tertiary/aromatic N) is 1. The fraction of sp³-hybridized carbons (Fsp3) is 0.467. The average molecular weight is 313 g/mol. The molecule has 5 nitrogen and oxygen atoms in total. The fourth-order valence-electron chi connectivity index (χ4n) is 1.85. The predicted octanol–water partition coefficient (Wildman–Crippen LogP) is 1.69. The molecule has 0 spiro atoms. The third-order valence-corrected chi connectivity index (χ3v) is 3.16. The highest BCUT2D eigenvalue weighted by molar-refractivity contribution is 6.33. The Morgan fingerprint density at radius 1 is 1.33 bits per heavy atom. The van der Waals surface area contributed by atoms with Crippen molar-refractivity contribution in [3.63, 3.8) is 0 Å². The van der Waals surface area contributed by atoms with E-state index < -0.39 is 11.5 Å². The predicted molar refractivity (Wildman–Crippen MR) is 82.3 cm³/mol. The van der Waals surface area contributed by atoms with E-state index in [1.807, 2.05) is 6.92 Å². The minimum atomic E-state index is -0.974. The van der Waals surface area contributed by atoms with Crippen LogP contribution in [0, 0.1) is 0 Å². The molecule has 0 aromatic heterocycles. The van der Waals surface area contributed by atoms with Gasteiger partial charge in [0, 0.05) is 13.1 Å². The standard InChI is InChI=1S/C15H21ClN2O3/c1-4-18(10-15(2,3)21)13(19)9-17-14(20)11-7-5-6-8-12(11)16/h5-8,21H,4,9-10H2,1-3H3,(H,17,20). The normalized spacial score (nSPS) is 11.1. The molecule has 1 aromatic rings. The van der Waals surface area contributed by atoms with Crippen molar-refractivity contribution in [1.82, 2.24) is 10.2 Å². The molecule has 2 amide bonds. The van der Waals surface area contributed by atoms with Gasteiger partial charge in [0.15, 0.2) is 0 Å². The summed E-state index contributed by atoms with van der Waals surface area (Å²) in [6.07, 6.45) is 0. The van der Waals surface area contributed by atoms with Gasteiger partial charge in [-0.25, -0.2) is 0 Å². The van der Waals surface area contributed by atoms with Crippen molar-refractivity contribution < 1.29 is 14.7 Å². The van der Waals surface area contributed by atoms with Gasteiger partial charge < -0.3 is 15.3 Å². The van der Waals surface area contributed by atoms with E-state index in [4.69, 9.17) is 11.6 Å². The third-order valence-electron chi connectivity index (χ3n) is 2.83. The minimum Gasteiger partial charge on any atom is -0.389 e. The van der Waals surface area contributed by atoms with Gasteiger partial charge in [-0.15, -0.1) is 0 Å². The van der Waals surface area contributed by atoms with E-state index in [2.05, 4.69) is 5.32 Å². The number of hydrogen-bond donors (Lipinski definition) is 2. The highest BCUT2D eigenvalue weighted by atomic mass is 35.5. The molecule has 0 aliphatic heterocycles. The SMILES string of the molecule is CCN(CC(C)(C)O)C(=O)CNC(=O)c1ccccc1Cl. The Bertz CT molecular complexity index is 512. The zero-order valence-corrected chi connectivity index (χ0v) is 13.3. The van der Waals surface area contributed by atoms with Crippen LogP contribution in [0.1, 0.15) is 31.1 Å². The van der Waals surface area contributed by atoms with Crippen molar-refractivity contribution >= 4 is 23.4 Å². The lowest BCUT2D eigenvalue weighted by Crippen LogP contribution is -2.46. The van der Waals surface area contributed by atoms with E-state index in [9.17, 15) is 14.7 Å². The molecule has 0 fully saturated rings. The van der Waals surface area contributed by atoms with Gasteiger partial charge in [0.25, 0.3) is 5.91 Å². The smallest absolute Gasteiger partial charge is 0.253 e. The van der Waals surface area contributed by atoms with E-state index in [0.29, 0.717) is 17.1 Å². The van der Waals surface area contributed by atoms with Crippen molar-refractivity contribution in [2.45, 2.75) is 26.4 Å². The summed E-state index contributed by atoms with van der Waals surface area (Å²) in [6.45, 7) is 5.62. The summed E-state index contributed by atoms with van der Waals surface area (Å²) in [5.41, 5.74) is -0.643. The fourth-order valence-corrected chi connectivity index (χ4v) is 2.07. The number of carbonyl (C=O) groups excluding carboxylic acids is 2. The summed E-state index contributed by atoms with van der Waals surface area (Å²) >= 11 is 5.92. The monoisotopic (exact) mass is 312 g/mol. The van der Waals surface area contributed by atoms with E-state index in [-0.39, 0.29) is 19.0 Å². The summed E-state index contributed by atoms with van der Waals surface area (Å²) in [7, 11) is 0. The highest BCUT2D eigenvalue weighted by Crippen LogP contribution is 2.14. The topological polar surface area (TPSA) is 69.6 Å². The van der Waals surface area contributed by atoms with Gasteiger partial charge in [-0.3, -0.25) is 9.59 Å². The number of amides is 2. The van der Waals surface area contributed by atoms with Crippen molar-refractivity contribution in [3.05, 3.63) is 34.9 Å². The molecule has 21 heavy (non-hydrogen) atoms. The Kier molecular flexibility index (Phi) is 6.18. The average Bonchev–Trinajstić information content (AvgIpc) is 2.41. The maximum Gasteiger partial charge on any atom is 0.253 e. The molecule has 6 heteroatoms. The summed E-state index contributed by atoms with van der Waals surface area (Å²) in [4.78, 5) is 25.5. The first-order valence-corrected chi connectivity index (χ1v) is 7.15. The molecule has 116 valence electrons. The van der Waals surface area contributed by atoms with Crippen LogP contribution in [-0.4, -0.2) is 47.1 Å². The summed E-state index contributed by atoms with van der Waals surface area (Å²) in [5, 5.41) is 12.6. The molecule has 0 aliphatic carbocycles. The largest absolute Gasteiger partial charge is 0.389 e. The number of hydrogen-bond acceptors (Lipinski definition) is 3. The zero-order valence-electron chi connectivity index (χ0n) is 12.5. The van der Waals surface area contributed by atoms with Crippen molar-refractivity contribution in [2.24, 2.45) is 0 Å². The first kappa shape index (κ1) is 17.5. The van der Waals surface area contributed by atoms with Crippen LogP contribution < -0.4 is 5.32 Å². The number of likely N-dealkylation sites (N-methyl/N-ethyl adjacent to an activating group) is 1. The summed E-state index contributed by atoms with van der Waals surface area (Å²) in [6, 6.07) is 6.64. The number of halogens is 1. The van der Waals surface area contributed by atoms with Gasteiger partial charge in [-0.05, 0) is 32.9 Å². The Labute approximate surface area is 129 Å². The molecule has 0 unspecified atom stereocenters. The van der Waals surface area contributed by atoms with Crippen LogP contribution in [0.25, 0.3) is 0 Å². The van der Waals surface area contributed by atoms with Gasteiger partial charge in [0.05, 0.1) is 22.7 Å². The molecule has 2 N–H and O–H groups in total. The quantitative estimate of drug-likeness (QED) is 0.840. The maximum atomic E-state index is 12.0. The first-order valence-electron chi connectivity index (χ1n) is 6.77. The van der Waals surface area contributed by atoms with Crippen LogP contribution >= 0.6 is 11.6 Å². The third kappa shape index (κ3) is 5.73. The number of carbonyl (C=O) groups is 2. The second-order valence-corrected chi connectivity index (χ2v) is 5.79. The van der Waals surface area contributed by atoms with Gasteiger partial charge in [0.2, 0.25) is 5.91 Å². The van der Waals surface area contributed by atoms with E-state index in [1.54, 1.807) is 38.1 Å². The number of benzene rings is 1. The molecule has 1 rings (SSSR count). The lowest BCUT2D eigenvalue weighted by atomic mass is 10.1. The van der Waals surface area contributed by atoms with Crippen LogP contribution in [0.5, 0.6) is 0 Å². The molecule has 0 heterocycles. The van der Waals surface area contributed by atoms with E-state index >= 15 is 0 Å². The molecule has 1 aromatic carbocycles. The van der Waals surface area contributed by atoms with Gasteiger partial charge >= 0.3 is 0 Å². The Morgan fingerprint density at radius 3 is 2.48 bits per heavy atom. The van der Waals surface area contributed by atoms with Crippen LogP contribution in [0.4, 0.5) is 0 Å². The van der Waals surface area contributed by atoms with Gasteiger partial charge in [0.1, 0.15) is 0 Å². The van der Waals surface area contributed by atoms with Crippen LogP contribution in [0.2, 0.25) is 5.02 Å². The van der Waals surface area contributed by atoms with E-state index in [0.717, 1.165) is 0 Å². The lowest BCUT2D eigenvalue weighted by molar-refractivity contribution is -0.132.